The molecule has 31 heavy (non-hydrogen) atoms. The van der Waals surface area contributed by atoms with E-state index in [9.17, 15) is 14.0 Å². The molecule has 7 nitrogen and oxygen atoms in total. The number of benzene rings is 1. The van der Waals surface area contributed by atoms with Crippen molar-refractivity contribution in [3.8, 4) is 0 Å². The Kier molecular flexibility index (Phi) is 6.67. The van der Waals surface area contributed by atoms with Gasteiger partial charge < -0.3 is 19.9 Å². The van der Waals surface area contributed by atoms with E-state index < -0.39 is 11.7 Å². The summed E-state index contributed by atoms with van der Waals surface area (Å²) in [6.07, 6.45) is 3.66. The minimum atomic E-state index is -0.630. The minimum Gasteiger partial charge on any atom is -0.376 e. The summed E-state index contributed by atoms with van der Waals surface area (Å²) in [5.74, 6) is -0.688. The highest BCUT2D eigenvalue weighted by molar-refractivity contribution is 6.33. The van der Waals surface area contributed by atoms with E-state index in [4.69, 9.17) is 16.3 Å². The molecule has 2 amide bonds. The van der Waals surface area contributed by atoms with Crippen LogP contribution in [0.25, 0.3) is 0 Å². The van der Waals surface area contributed by atoms with E-state index in [0.717, 1.165) is 19.4 Å². The zero-order valence-electron chi connectivity index (χ0n) is 17.0. The molecule has 9 heteroatoms. The lowest BCUT2D eigenvalue weighted by Crippen LogP contribution is -2.49. The normalized spacial score (nSPS) is 18.8. The van der Waals surface area contributed by atoms with Crippen LogP contribution in [-0.4, -0.2) is 67.1 Å². The fraction of sp³-hybridized carbons (Fsp3) is 0.409. The Balaban J connectivity index is 1.41. The number of amides is 2. The van der Waals surface area contributed by atoms with Gasteiger partial charge in [-0.2, -0.15) is 0 Å². The summed E-state index contributed by atoms with van der Waals surface area (Å²) in [5.41, 5.74) is 0.377. The summed E-state index contributed by atoms with van der Waals surface area (Å²) in [6.45, 7) is 2.90. The van der Waals surface area contributed by atoms with Crippen LogP contribution in [0.3, 0.4) is 0 Å². The molecule has 1 atom stereocenters. The number of hydrogen-bond donors (Lipinski definition) is 1. The second kappa shape index (κ2) is 9.62. The van der Waals surface area contributed by atoms with E-state index in [0.29, 0.717) is 44.1 Å². The summed E-state index contributed by atoms with van der Waals surface area (Å²) in [6, 6.07) is 7.67. The van der Waals surface area contributed by atoms with Gasteiger partial charge in [-0.15, -0.1) is 0 Å². The van der Waals surface area contributed by atoms with E-state index in [1.807, 2.05) is 4.90 Å². The van der Waals surface area contributed by atoms with Crippen molar-refractivity contribution in [3.05, 3.63) is 58.5 Å². The van der Waals surface area contributed by atoms with E-state index in [1.165, 1.54) is 18.2 Å². The number of piperazine rings is 1. The van der Waals surface area contributed by atoms with Crippen LogP contribution in [0.5, 0.6) is 0 Å². The molecule has 3 heterocycles. The van der Waals surface area contributed by atoms with Crippen molar-refractivity contribution in [1.29, 1.82) is 0 Å². The molecule has 2 aliphatic rings. The molecule has 164 valence electrons. The summed E-state index contributed by atoms with van der Waals surface area (Å²) >= 11 is 6.04. The average Bonchev–Trinajstić information content (AvgIpc) is 3.31. The van der Waals surface area contributed by atoms with E-state index in [2.05, 4.69) is 10.3 Å². The van der Waals surface area contributed by atoms with Crippen LogP contribution in [0.15, 0.2) is 36.5 Å². The number of nitrogens with one attached hydrogen (secondary N) is 1. The number of carbonyl (C=O) groups is 2. The van der Waals surface area contributed by atoms with E-state index in [-0.39, 0.29) is 22.6 Å². The standard InChI is InChI=1S/C22H24ClFN4O3/c23-17-6-1-7-18(24)19(17)22(30)28-11-9-27(10-12-28)20-16(5-2-8-25-20)21(29)26-14-15-4-3-13-31-15/h1-2,5-8,15H,3-4,9-14H2,(H,26,29). The first-order valence-electron chi connectivity index (χ1n) is 10.4. The maximum atomic E-state index is 14.1. The lowest BCUT2D eigenvalue weighted by atomic mass is 10.1. The number of pyridine rings is 1. The van der Waals surface area contributed by atoms with Gasteiger partial charge >= 0.3 is 0 Å². The molecule has 0 bridgehead atoms. The van der Waals surface area contributed by atoms with Crippen LogP contribution < -0.4 is 10.2 Å². The second-order valence-corrected chi connectivity index (χ2v) is 8.00. The maximum absolute atomic E-state index is 14.1. The summed E-state index contributed by atoms with van der Waals surface area (Å²) < 4.78 is 19.7. The predicted octanol–water partition coefficient (Wildman–Crippen LogP) is 2.75. The molecule has 2 saturated heterocycles. The van der Waals surface area contributed by atoms with Crippen LogP contribution in [0, 0.1) is 5.82 Å². The molecular formula is C22H24ClFN4O3. The Morgan fingerprint density at radius 3 is 2.71 bits per heavy atom. The molecule has 2 aliphatic heterocycles. The van der Waals surface area contributed by atoms with Crippen molar-refractivity contribution in [2.45, 2.75) is 18.9 Å². The third-order valence-electron chi connectivity index (χ3n) is 5.59. The Labute approximate surface area is 185 Å². The van der Waals surface area contributed by atoms with Gasteiger partial charge in [0.2, 0.25) is 0 Å². The SMILES string of the molecule is O=C(NCC1CCCO1)c1cccnc1N1CCN(C(=O)c2c(F)cccc2Cl)CC1. The van der Waals surface area contributed by atoms with Crippen molar-refractivity contribution in [2.24, 2.45) is 0 Å². The first kappa shape index (κ1) is 21.5. The first-order valence-corrected chi connectivity index (χ1v) is 10.8. The molecule has 0 radical (unpaired) electrons. The molecule has 0 spiro atoms. The lowest BCUT2D eigenvalue weighted by molar-refractivity contribution is 0.0741. The largest absolute Gasteiger partial charge is 0.376 e. The van der Waals surface area contributed by atoms with Gasteiger partial charge in [0.15, 0.2) is 0 Å². The lowest BCUT2D eigenvalue weighted by Gasteiger charge is -2.36. The Morgan fingerprint density at radius 1 is 1.19 bits per heavy atom. The number of aromatic nitrogens is 1. The molecule has 1 N–H and O–H groups in total. The Hall–Kier alpha value is -2.71. The van der Waals surface area contributed by atoms with Crippen LogP contribution in [0.1, 0.15) is 33.6 Å². The van der Waals surface area contributed by atoms with Crippen molar-refractivity contribution in [2.75, 3.05) is 44.2 Å². The van der Waals surface area contributed by atoms with Gasteiger partial charge in [-0.25, -0.2) is 9.37 Å². The molecule has 1 aromatic carbocycles. The zero-order valence-corrected chi connectivity index (χ0v) is 17.8. The maximum Gasteiger partial charge on any atom is 0.258 e. The number of anilines is 1. The second-order valence-electron chi connectivity index (χ2n) is 7.60. The number of hydrogen-bond acceptors (Lipinski definition) is 5. The number of rotatable bonds is 5. The molecule has 2 aromatic rings. The van der Waals surface area contributed by atoms with Gasteiger partial charge in [-0.3, -0.25) is 9.59 Å². The fourth-order valence-corrected chi connectivity index (χ4v) is 4.16. The van der Waals surface area contributed by atoms with Crippen LogP contribution in [0.2, 0.25) is 5.02 Å². The smallest absolute Gasteiger partial charge is 0.258 e. The summed E-state index contributed by atoms with van der Waals surface area (Å²) in [7, 11) is 0. The summed E-state index contributed by atoms with van der Waals surface area (Å²) in [5, 5.41) is 3.03. The average molecular weight is 447 g/mol. The third-order valence-corrected chi connectivity index (χ3v) is 5.90. The molecule has 4 rings (SSSR count). The van der Waals surface area contributed by atoms with Crippen LogP contribution in [-0.2, 0) is 4.74 Å². The van der Waals surface area contributed by atoms with Crippen molar-refractivity contribution < 1.29 is 18.7 Å². The van der Waals surface area contributed by atoms with Gasteiger partial charge in [0.1, 0.15) is 11.6 Å². The van der Waals surface area contributed by atoms with Gasteiger partial charge in [0.05, 0.1) is 22.3 Å². The highest BCUT2D eigenvalue weighted by Crippen LogP contribution is 2.23. The molecule has 1 aromatic heterocycles. The van der Waals surface area contributed by atoms with Crippen LogP contribution >= 0.6 is 11.6 Å². The van der Waals surface area contributed by atoms with Gasteiger partial charge in [0.25, 0.3) is 11.8 Å². The van der Waals surface area contributed by atoms with E-state index in [1.54, 1.807) is 23.2 Å². The fourth-order valence-electron chi connectivity index (χ4n) is 3.91. The van der Waals surface area contributed by atoms with Gasteiger partial charge in [-0.05, 0) is 37.1 Å². The number of carbonyl (C=O) groups excluding carboxylic acids is 2. The quantitative estimate of drug-likeness (QED) is 0.764. The number of nitrogens with zero attached hydrogens (tertiary/aromatic N) is 3. The number of ether oxygens (including phenoxy) is 1. The van der Waals surface area contributed by atoms with Crippen molar-refractivity contribution in [1.82, 2.24) is 15.2 Å². The third kappa shape index (κ3) is 4.80. The van der Waals surface area contributed by atoms with Crippen LogP contribution in [0.4, 0.5) is 10.2 Å². The van der Waals surface area contributed by atoms with E-state index >= 15 is 0 Å². The highest BCUT2D eigenvalue weighted by atomic mass is 35.5. The Bertz CT molecular complexity index is 939. The van der Waals surface area contributed by atoms with Gasteiger partial charge in [-0.1, -0.05) is 17.7 Å². The Morgan fingerprint density at radius 2 is 2.00 bits per heavy atom. The first-order chi connectivity index (χ1) is 15.0. The zero-order chi connectivity index (χ0) is 21.8. The topological polar surface area (TPSA) is 74.8 Å². The molecule has 2 fully saturated rings. The van der Waals surface area contributed by atoms with Crippen molar-refractivity contribution in [3.63, 3.8) is 0 Å². The molecule has 0 saturated carbocycles. The minimum absolute atomic E-state index is 0.0591. The van der Waals surface area contributed by atoms with Crippen molar-refractivity contribution >= 4 is 29.2 Å². The predicted molar refractivity (Wildman–Crippen MR) is 115 cm³/mol. The molecule has 1 unspecified atom stereocenters. The molecular weight excluding hydrogens is 423 g/mol. The monoisotopic (exact) mass is 446 g/mol. The highest BCUT2D eigenvalue weighted by Gasteiger charge is 2.28. The summed E-state index contributed by atoms with van der Waals surface area (Å²) in [4.78, 5) is 33.5. The molecule has 0 aliphatic carbocycles. The van der Waals surface area contributed by atoms with Gasteiger partial charge in [0, 0.05) is 45.5 Å². The number of halogens is 2.